The monoisotopic (exact) mass is 404 g/mol. The molecule has 0 aromatic carbocycles. The molecule has 3 amide bonds. The minimum atomic E-state index is -1.68. The summed E-state index contributed by atoms with van der Waals surface area (Å²) in [4.78, 5) is 58.3. The standard InChI is InChI=1S/C16H28N4O8/c1-4-7(2)12(15(26)18-9(16(27)28)5-11(22)23)20-14(25)10(6-21)19-13(24)8(3)17/h7-10,12,21H,4-6,17H2,1-3H3,(H,18,26)(H,19,24)(H,20,25)(H,22,23)(H,27,28). The van der Waals surface area contributed by atoms with Gasteiger partial charge >= 0.3 is 11.9 Å². The summed E-state index contributed by atoms with van der Waals surface area (Å²) in [5.41, 5.74) is 5.39. The van der Waals surface area contributed by atoms with Crippen molar-refractivity contribution in [3.63, 3.8) is 0 Å². The van der Waals surface area contributed by atoms with E-state index in [1.807, 2.05) is 0 Å². The van der Waals surface area contributed by atoms with E-state index in [9.17, 15) is 29.1 Å². The Morgan fingerprint density at radius 1 is 0.893 bits per heavy atom. The van der Waals surface area contributed by atoms with Gasteiger partial charge in [0, 0.05) is 0 Å². The fraction of sp³-hybridized carbons (Fsp3) is 0.688. The van der Waals surface area contributed by atoms with Crippen LogP contribution in [0.1, 0.15) is 33.6 Å². The van der Waals surface area contributed by atoms with Crippen LogP contribution in [0, 0.1) is 5.92 Å². The molecule has 0 aliphatic carbocycles. The van der Waals surface area contributed by atoms with Crippen molar-refractivity contribution in [2.75, 3.05) is 6.61 Å². The van der Waals surface area contributed by atoms with Crippen LogP contribution in [0.25, 0.3) is 0 Å². The number of carbonyl (C=O) groups excluding carboxylic acids is 3. The van der Waals surface area contributed by atoms with Crippen molar-refractivity contribution in [2.24, 2.45) is 11.7 Å². The molecule has 0 saturated heterocycles. The summed E-state index contributed by atoms with van der Waals surface area (Å²) in [6.07, 6.45) is -0.420. The lowest BCUT2D eigenvalue weighted by atomic mass is 9.97. The summed E-state index contributed by atoms with van der Waals surface area (Å²) in [6.45, 7) is 3.97. The van der Waals surface area contributed by atoms with Gasteiger partial charge in [-0.3, -0.25) is 19.2 Å². The van der Waals surface area contributed by atoms with Crippen molar-refractivity contribution < 1.29 is 39.3 Å². The molecule has 12 heteroatoms. The van der Waals surface area contributed by atoms with Crippen LogP contribution in [-0.4, -0.2) is 75.8 Å². The Balaban J connectivity index is 5.32. The highest BCUT2D eigenvalue weighted by Crippen LogP contribution is 2.09. The predicted molar refractivity (Wildman–Crippen MR) is 95.9 cm³/mol. The predicted octanol–water partition coefficient (Wildman–Crippen LogP) is -2.61. The van der Waals surface area contributed by atoms with E-state index in [-0.39, 0.29) is 0 Å². The third-order valence-electron chi connectivity index (χ3n) is 4.02. The molecule has 0 radical (unpaired) electrons. The number of nitrogens with two attached hydrogens (primary N) is 1. The van der Waals surface area contributed by atoms with Gasteiger partial charge in [0.1, 0.15) is 18.1 Å². The lowest BCUT2D eigenvalue weighted by Gasteiger charge is -2.27. The molecule has 0 aromatic rings. The summed E-state index contributed by atoms with van der Waals surface area (Å²) in [5, 5.41) is 33.8. The van der Waals surface area contributed by atoms with E-state index in [2.05, 4.69) is 16.0 Å². The van der Waals surface area contributed by atoms with Crippen molar-refractivity contribution >= 4 is 29.7 Å². The van der Waals surface area contributed by atoms with Crippen molar-refractivity contribution in [1.82, 2.24) is 16.0 Å². The maximum Gasteiger partial charge on any atom is 0.326 e. The number of amides is 3. The van der Waals surface area contributed by atoms with E-state index >= 15 is 0 Å². The van der Waals surface area contributed by atoms with Crippen LogP contribution in [0.4, 0.5) is 0 Å². The Hall–Kier alpha value is -2.73. The Morgan fingerprint density at radius 3 is 1.82 bits per heavy atom. The molecule has 0 aromatic heterocycles. The number of carbonyl (C=O) groups is 5. The number of carboxylic acids is 2. The number of aliphatic hydroxyl groups is 1. The second-order valence-electron chi connectivity index (χ2n) is 6.40. The Kier molecular flexibility index (Phi) is 10.7. The Morgan fingerprint density at radius 2 is 1.43 bits per heavy atom. The van der Waals surface area contributed by atoms with Crippen LogP contribution < -0.4 is 21.7 Å². The highest BCUT2D eigenvalue weighted by Gasteiger charge is 2.32. The number of aliphatic carboxylic acids is 2. The third-order valence-corrected chi connectivity index (χ3v) is 4.02. The normalized spacial score (nSPS) is 16.0. The van der Waals surface area contributed by atoms with Crippen molar-refractivity contribution in [3.05, 3.63) is 0 Å². The van der Waals surface area contributed by atoms with Crippen LogP contribution in [-0.2, 0) is 24.0 Å². The highest BCUT2D eigenvalue weighted by atomic mass is 16.4. The largest absolute Gasteiger partial charge is 0.481 e. The van der Waals surface area contributed by atoms with Crippen molar-refractivity contribution in [2.45, 2.75) is 57.8 Å². The summed E-state index contributed by atoms with van der Waals surface area (Å²) in [5.74, 6) is -5.87. The SMILES string of the molecule is CCC(C)C(NC(=O)C(CO)NC(=O)C(C)N)C(=O)NC(CC(=O)O)C(=O)O. The van der Waals surface area contributed by atoms with Crippen molar-refractivity contribution in [3.8, 4) is 0 Å². The molecule has 0 fully saturated rings. The molecule has 0 spiro atoms. The average molecular weight is 404 g/mol. The minimum Gasteiger partial charge on any atom is -0.481 e. The maximum absolute atomic E-state index is 12.5. The zero-order valence-corrected chi connectivity index (χ0v) is 16.0. The van der Waals surface area contributed by atoms with E-state index in [1.165, 1.54) is 6.92 Å². The van der Waals surface area contributed by atoms with Gasteiger partial charge in [0.15, 0.2) is 0 Å². The number of nitrogens with one attached hydrogen (secondary N) is 3. The molecule has 5 atom stereocenters. The molecule has 12 nitrogen and oxygen atoms in total. The van der Waals surface area contributed by atoms with Crippen molar-refractivity contribution in [1.29, 1.82) is 0 Å². The topological polar surface area (TPSA) is 208 Å². The van der Waals surface area contributed by atoms with Crippen LogP contribution >= 0.6 is 0 Å². The van der Waals surface area contributed by atoms with Gasteiger partial charge in [-0.05, 0) is 12.8 Å². The fourth-order valence-electron chi connectivity index (χ4n) is 2.09. The van der Waals surface area contributed by atoms with Gasteiger partial charge < -0.3 is 37.0 Å². The van der Waals surface area contributed by atoms with Gasteiger partial charge in [-0.2, -0.15) is 0 Å². The van der Waals surface area contributed by atoms with E-state index in [4.69, 9.17) is 15.9 Å². The molecule has 5 unspecified atom stereocenters. The molecule has 0 aliphatic heterocycles. The molecule has 0 saturated carbocycles. The van der Waals surface area contributed by atoms with E-state index in [0.29, 0.717) is 6.42 Å². The summed E-state index contributed by atoms with van der Waals surface area (Å²) < 4.78 is 0. The summed E-state index contributed by atoms with van der Waals surface area (Å²) in [7, 11) is 0. The zero-order valence-electron chi connectivity index (χ0n) is 16.0. The van der Waals surface area contributed by atoms with Crippen LogP contribution in [0.3, 0.4) is 0 Å². The first-order chi connectivity index (χ1) is 12.9. The second-order valence-corrected chi connectivity index (χ2v) is 6.40. The molecule has 0 aliphatic rings. The number of rotatable bonds is 12. The lowest BCUT2D eigenvalue weighted by molar-refractivity contribution is -0.147. The molecule has 0 bridgehead atoms. The summed E-state index contributed by atoms with van der Waals surface area (Å²) in [6, 6.07) is -5.19. The van der Waals surface area contributed by atoms with Gasteiger partial charge in [0.2, 0.25) is 17.7 Å². The minimum absolute atomic E-state index is 0.422. The van der Waals surface area contributed by atoms with E-state index < -0.39 is 72.8 Å². The summed E-state index contributed by atoms with van der Waals surface area (Å²) >= 11 is 0. The first-order valence-corrected chi connectivity index (χ1v) is 8.66. The average Bonchev–Trinajstić information content (AvgIpc) is 2.61. The molecular weight excluding hydrogens is 376 g/mol. The van der Waals surface area contributed by atoms with Crippen LogP contribution in [0.5, 0.6) is 0 Å². The van der Waals surface area contributed by atoms with Gasteiger partial charge in [-0.25, -0.2) is 4.79 Å². The number of hydrogen-bond acceptors (Lipinski definition) is 7. The van der Waals surface area contributed by atoms with Gasteiger partial charge in [0.25, 0.3) is 0 Å². The molecule has 0 heterocycles. The third kappa shape index (κ3) is 8.31. The Labute approximate surface area is 161 Å². The Bertz CT molecular complexity index is 595. The fourth-order valence-corrected chi connectivity index (χ4v) is 2.09. The maximum atomic E-state index is 12.5. The van der Waals surface area contributed by atoms with Gasteiger partial charge in [-0.1, -0.05) is 20.3 Å². The first kappa shape index (κ1) is 25.3. The van der Waals surface area contributed by atoms with Crippen LogP contribution in [0.2, 0.25) is 0 Å². The van der Waals surface area contributed by atoms with Crippen LogP contribution in [0.15, 0.2) is 0 Å². The molecule has 8 N–H and O–H groups in total. The molecule has 28 heavy (non-hydrogen) atoms. The quantitative estimate of drug-likeness (QED) is 0.181. The van der Waals surface area contributed by atoms with E-state index in [1.54, 1.807) is 13.8 Å². The first-order valence-electron chi connectivity index (χ1n) is 8.66. The number of hydrogen-bond donors (Lipinski definition) is 7. The molecule has 0 rings (SSSR count). The molecular formula is C16H28N4O8. The zero-order chi connectivity index (χ0) is 22.0. The second kappa shape index (κ2) is 11.9. The highest BCUT2D eigenvalue weighted by molar-refractivity contribution is 5.94. The van der Waals surface area contributed by atoms with E-state index in [0.717, 1.165) is 0 Å². The smallest absolute Gasteiger partial charge is 0.326 e. The number of carboxylic acid groups (broad SMARTS) is 2. The van der Waals surface area contributed by atoms with Gasteiger partial charge in [0.05, 0.1) is 19.1 Å². The molecule has 160 valence electrons. The lowest BCUT2D eigenvalue weighted by Crippen LogP contribution is -2.59. The number of aliphatic hydroxyl groups excluding tert-OH is 1. The van der Waals surface area contributed by atoms with Gasteiger partial charge in [-0.15, -0.1) is 0 Å².